The van der Waals surface area contributed by atoms with E-state index in [0.29, 0.717) is 18.4 Å². The van der Waals surface area contributed by atoms with Crippen molar-refractivity contribution in [1.29, 1.82) is 0 Å². The van der Waals surface area contributed by atoms with Crippen molar-refractivity contribution in [2.24, 2.45) is 5.41 Å². The van der Waals surface area contributed by atoms with Gasteiger partial charge in [-0.3, -0.25) is 14.4 Å². The number of fused-ring (bicyclic) bond motifs is 1. The van der Waals surface area contributed by atoms with Crippen LogP contribution >= 0.6 is 0 Å². The summed E-state index contributed by atoms with van der Waals surface area (Å²) in [5.41, 5.74) is -0.623. The van der Waals surface area contributed by atoms with Gasteiger partial charge in [-0.05, 0) is 38.7 Å². The molecule has 0 saturated heterocycles. The summed E-state index contributed by atoms with van der Waals surface area (Å²) in [4.78, 5) is 37.9. The van der Waals surface area contributed by atoms with E-state index in [2.05, 4.69) is 0 Å². The molecule has 1 aromatic rings. The second kappa shape index (κ2) is 6.73. The molecule has 5 heteroatoms. The normalized spacial score (nSPS) is 16.4. The quantitative estimate of drug-likeness (QED) is 0.485. The molecular weight excluding hydrogens is 284 g/mol. The first kappa shape index (κ1) is 16.2. The summed E-state index contributed by atoms with van der Waals surface area (Å²) >= 11 is 0. The molecule has 22 heavy (non-hydrogen) atoms. The van der Waals surface area contributed by atoms with Crippen LogP contribution in [0, 0.1) is 5.41 Å². The predicted molar refractivity (Wildman–Crippen MR) is 79.4 cm³/mol. The van der Waals surface area contributed by atoms with Crippen molar-refractivity contribution in [2.75, 3.05) is 13.2 Å². The molecule has 0 unspecified atom stereocenters. The van der Waals surface area contributed by atoms with Gasteiger partial charge in [0.2, 0.25) is 5.41 Å². The number of hydrogen-bond donors (Lipinski definition) is 0. The van der Waals surface area contributed by atoms with Crippen molar-refractivity contribution >= 4 is 17.7 Å². The third-order valence-corrected chi connectivity index (χ3v) is 3.90. The molecule has 0 atom stereocenters. The van der Waals surface area contributed by atoms with Crippen LogP contribution in [0.4, 0.5) is 0 Å². The molecule has 0 spiro atoms. The summed E-state index contributed by atoms with van der Waals surface area (Å²) in [7, 11) is 0. The highest BCUT2D eigenvalue weighted by atomic mass is 16.6. The van der Waals surface area contributed by atoms with E-state index in [1.165, 1.54) is 0 Å². The minimum absolute atomic E-state index is 0.106. The second-order valence-corrected chi connectivity index (χ2v) is 5.19. The van der Waals surface area contributed by atoms with E-state index in [1.54, 1.807) is 26.0 Å². The number of carbonyl (C=O) groups is 3. The number of ether oxygens (including phenoxy) is 2. The van der Waals surface area contributed by atoms with Gasteiger partial charge in [-0.2, -0.15) is 0 Å². The van der Waals surface area contributed by atoms with E-state index in [4.69, 9.17) is 9.47 Å². The smallest absolute Gasteiger partial charge is 0.331 e. The first-order valence-electron chi connectivity index (χ1n) is 7.55. The molecule has 2 rings (SSSR count). The van der Waals surface area contributed by atoms with Crippen LogP contribution in [0.25, 0.3) is 0 Å². The summed E-state index contributed by atoms with van der Waals surface area (Å²) in [6, 6.07) is 7.06. The molecule has 0 fully saturated rings. The summed E-state index contributed by atoms with van der Waals surface area (Å²) < 4.78 is 10.1. The summed E-state index contributed by atoms with van der Waals surface area (Å²) in [5.74, 6) is -2.14. The molecule has 118 valence electrons. The number of Topliss-reactive ketones (excluding diaryl/α,β-unsaturated/α-hetero) is 1. The number of rotatable bonds is 4. The van der Waals surface area contributed by atoms with Gasteiger partial charge in [0.1, 0.15) is 0 Å². The van der Waals surface area contributed by atoms with Crippen LogP contribution in [0.2, 0.25) is 0 Å². The first-order chi connectivity index (χ1) is 10.6. The van der Waals surface area contributed by atoms with Gasteiger partial charge in [-0.1, -0.05) is 24.3 Å². The molecule has 0 heterocycles. The van der Waals surface area contributed by atoms with Crippen LogP contribution in [0.1, 0.15) is 42.6 Å². The fourth-order valence-electron chi connectivity index (χ4n) is 2.83. The van der Waals surface area contributed by atoms with E-state index < -0.39 is 23.1 Å². The molecule has 0 radical (unpaired) electrons. The van der Waals surface area contributed by atoms with Crippen molar-refractivity contribution in [3.05, 3.63) is 35.4 Å². The van der Waals surface area contributed by atoms with Crippen molar-refractivity contribution < 1.29 is 23.9 Å². The lowest BCUT2D eigenvalue weighted by Crippen LogP contribution is -2.48. The highest BCUT2D eigenvalue weighted by Crippen LogP contribution is 2.37. The topological polar surface area (TPSA) is 69.7 Å². The van der Waals surface area contributed by atoms with Gasteiger partial charge in [0.15, 0.2) is 5.78 Å². The summed E-state index contributed by atoms with van der Waals surface area (Å²) in [6.45, 7) is 3.50. The van der Waals surface area contributed by atoms with Crippen LogP contribution in [-0.2, 0) is 25.5 Å². The first-order valence-corrected chi connectivity index (χ1v) is 7.55. The average molecular weight is 304 g/mol. The summed E-state index contributed by atoms with van der Waals surface area (Å²) in [5, 5.41) is 0. The SMILES string of the molecule is CCOC(=O)C1(C(=O)OCC)CCCc2ccccc2C1=O. The second-order valence-electron chi connectivity index (χ2n) is 5.19. The zero-order valence-electron chi connectivity index (χ0n) is 12.9. The largest absolute Gasteiger partial charge is 0.465 e. The zero-order chi connectivity index (χ0) is 16.2. The van der Waals surface area contributed by atoms with Gasteiger partial charge in [0.05, 0.1) is 13.2 Å². The number of ketones is 1. The third kappa shape index (κ3) is 2.63. The molecule has 0 saturated carbocycles. The highest BCUT2D eigenvalue weighted by Gasteiger charge is 2.56. The monoisotopic (exact) mass is 304 g/mol. The van der Waals surface area contributed by atoms with Gasteiger partial charge in [0.25, 0.3) is 0 Å². The van der Waals surface area contributed by atoms with Crippen molar-refractivity contribution in [1.82, 2.24) is 0 Å². The molecule has 0 N–H and O–H groups in total. The van der Waals surface area contributed by atoms with Crippen molar-refractivity contribution in [2.45, 2.75) is 33.1 Å². The van der Waals surface area contributed by atoms with Crippen molar-refractivity contribution in [3.8, 4) is 0 Å². The highest BCUT2D eigenvalue weighted by molar-refractivity contribution is 6.26. The van der Waals surface area contributed by atoms with Gasteiger partial charge in [0, 0.05) is 5.56 Å². The maximum absolute atomic E-state index is 13.0. The van der Waals surface area contributed by atoms with Gasteiger partial charge in [-0.15, -0.1) is 0 Å². The van der Waals surface area contributed by atoms with E-state index in [1.807, 2.05) is 12.1 Å². The standard InChI is InChI=1S/C17H20O5/c1-3-21-15(19)17(16(20)22-4-2)11-7-9-12-8-5-6-10-13(12)14(17)18/h5-6,8,10H,3-4,7,9,11H2,1-2H3. The molecule has 5 nitrogen and oxygen atoms in total. The molecule has 1 aliphatic carbocycles. The zero-order valence-corrected chi connectivity index (χ0v) is 12.9. The lowest BCUT2D eigenvalue weighted by atomic mass is 9.77. The molecule has 1 aromatic carbocycles. The van der Waals surface area contributed by atoms with Crippen LogP contribution in [0.5, 0.6) is 0 Å². The average Bonchev–Trinajstić information content (AvgIpc) is 2.66. The minimum atomic E-state index is -1.88. The van der Waals surface area contributed by atoms with Crippen molar-refractivity contribution in [3.63, 3.8) is 0 Å². The Morgan fingerprint density at radius 3 is 2.27 bits per heavy atom. The number of aryl methyl sites for hydroxylation is 1. The predicted octanol–water partition coefficient (Wildman–Crippen LogP) is 2.32. The van der Waals surface area contributed by atoms with E-state index in [-0.39, 0.29) is 19.6 Å². The van der Waals surface area contributed by atoms with Crippen LogP contribution in [0.3, 0.4) is 0 Å². The van der Waals surface area contributed by atoms with Gasteiger partial charge >= 0.3 is 11.9 Å². The van der Waals surface area contributed by atoms with Crippen LogP contribution in [0.15, 0.2) is 24.3 Å². The molecule has 0 amide bonds. The third-order valence-electron chi connectivity index (χ3n) is 3.90. The molecule has 0 bridgehead atoms. The minimum Gasteiger partial charge on any atom is -0.465 e. The van der Waals surface area contributed by atoms with Gasteiger partial charge < -0.3 is 9.47 Å². The Bertz CT molecular complexity index is 572. The fraction of sp³-hybridized carbons (Fsp3) is 0.471. The van der Waals surface area contributed by atoms with Gasteiger partial charge in [-0.25, -0.2) is 0 Å². The Kier molecular flexibility index (Phi) is 4.96. The Morgan fingerprint density at radius 1 is 1.09 bits per heavy atom. The maximum atomic E-state index is 13.0. The Labute approximate surface area is 129 Å². The molecular formula is C17H20O5. The van der Waals surface area contributed by atoms with E-state index >= 15 is 0 Å². The Morgan fingerprint density at radius 2 is 1.68 bits per heavy atom. The summed E-state index contributed by atoms with van der Waals surface area (Å²) in [6.07, 6.45) is 1.29. The molecule has 0 aliphatic heterocycles. The lowest BCUT2D eigenvalue weighted by Gasteiger charge is -2.26. The number of carbonyl (C=O) groups excluding carboxylic acids is 3. The fourth-order valence-corrected chi connectivity index (χ4v) is 2.83. The number of esters is 2. The number of hydrogen-bond acceptors (Lipinski definition) is 5. The Hall–Kier alpha value is -2.17. The molecule has 1 aliphatic rings. The van der Waals surface area contributed by atoms with Crippen LogP contribution in [-0.4, -0.2) is 30.9 Å². The van der Waals surface area contributed by atoms with Crippen LogP contribution < -0.4 is 0 Å². The molecule has 0 aromatic heterocycles. The lowest BCUT2D eigenvalue weighted by molar-refractivity contribution is -0.168. The Balaban J connectivity index is 2.55. The number of benzene rings is 1. The van der Waals surface area contributed by atoms with E-state index in [9.17, 15) is 14.4 Å². The van der Waals surface area contributed by atoms with E-state index in [0.717, 1.165) is 5.56 Å². The maximum Gasteiger partial charge on any atom is 0.331 e.